The molecule has 0 bridgehead atoms. The topological polar surface area (TPSA) is 52.5 Å². The number of hydrogen-bond acceptors (Lipinski definition) is 3. The van der Waals surface area contributed by atoms with Gasteiger partial charge in [-0.05, 0) is 38.1 Å². The first-order chi connectivity index (χ1) is 12.7. The second kappa shape index (κ2) is 7.17. The van der Waals surface area contributed by atoms with Crippen LogP contribution in [-0.2, 0) is 6.54 Å². The smallest absolute Gasteiger partial charge is 0.406 e. The third kappa shape index (κ3) is 4.04. The number of nitrogens with zero attached hydrogens (tertiary/aromatic N) is 1. The molecule has 0 saturated carbocycles. The molecule has 0 fully saturated rings. The van der Waals surface area contributed by atoms with Crippen LogP contribution in [0.15, 0.2) is 24.3 Å². The Labute approximate surface area is 155 Å². The average Bonchev–Trinajstić information content (AvgIpc) is 2.88. The summed E-state index contributed by atoms with van der Waals surface area (Å²) in [4.78, 5) is 12.8. The zero-order valence-electron chi connectivity index (χ0n) is 15.3. The van der Waals surface area contributed by atoms with Crippen molar-refractivity contribution in [1.29, 1.82) is 0 Å². The Bertz CT molecular complexity index is 859. The predicted molar refractivity (Wildman–Crippen MR) is 93.3 cm³/mol. The quantitative estimate of drug-likeness (QED) is 0.872. The zero-order chi connectivity index (χ0) is 19.8. The molecule has 0 unspecified atom stereocenters. The SMILES string of the molecule is COc1ccc2c(c1)[C@@H](NC(=O)c1cc(C)n(CC(F)(F)F)c1C)CCO2. The molecule has 27 heavy (non-hydrogen) atoms. The van der Waals surface area contributed by atoms with E-state index in [4.69, 9.17) is 9.47 Å². The van der Waals surface area contributed by atoms with Crippen molar-refractivity contribution >= 4 is 5.91 Å². The molecule has 2 heterocycles. The van der Waals surface area contributed by atoms with Crippen LogP contribution in [-0.4, -0.2) is 30.4 Å². The van der Waals surface area contributed by atoms with Crippen LogP contribution in [0.4, 0.5) is 13.2 Å². The van der Waals surface area contributed by atoms with Crippen LogP contribution in [0.3, 0.4) is 0 Å². The maximum Gasteiger partial charge on any atom is 0.406 e. The van der Waals surface area contributed by atoms with E-state index in [0.29, 0.717) is 35.9 Å². The first-order valence-corrected chi connectivity index (χ1v) is 8.54. The summed E-state index contributed by atoms with van der Waals surface area (Å²) in [7, 11) is 1.55. The second-order valence-corrected chi connectivity index (χ2v) is 6.55. The Balaban J connectivity index is 1.84. The summed E-state index contributed by atoms with van der Waals surface area (Å²) in [6.45, 7) is 2.41. The third-order valence-corrected chi connectivity index (χ3v) is 4.72. The number of methoxy groups -OCH3 is 1. The number of rotatable bonds is 4. The van der Waals surface area contributed by atoms with Crippen molar-refractivity contribution in [2.24, 2.45) is 0 Å². The predicted octanol–water partition coefficient (Wildman–Crippen LogP) is 3.93. The minimum atomic E-state index is -4.35. The van der Waals surface area contributed by atoms with Gasteiger partial charge in [-0.3, -0.25) is 4.79 Å². The molecular formula is C19H21F3N2O3. The molecule has 1 amide bonds. The van der Waals surface area contributed by atoms with Gasteiger partial charge in [-0.15, -0.1) is 0 Å². The van der Waals surface area contributed by atoms with Gasteiger partial charge in [0.2, 0.25) is 0 Å². The van der Waals surface area contributed by atoms with Gasteiger partial charge in [-0.1, -0.05) is 0 Å². The number of halogens is 3. The average molecular weight is 382 g/mol. The largest absolute Gasteiger partial charge is 0.497 e. The van der Waals surface area contributed by atoms with E-state index in [0.717, 1.165) is 10.1 Å². The molecule has 1 atom stereocenters. The Morgan fingerprint density at radius 1 is 1.33 bits per heavy atom. The van der Waals surface area contributed by atoms with Gasteiger partial charge in [0.05, 0.1) is 25.3 Å². The van der Waals surface area contributed by atoms with Crippen LogP contribution in [0.25, 0.3) is 0 Å². The van der Waals surface area contributed by atoms with Gasteiger partial charge in [-0.2, -0.15) is 13.2 Å². The summed E-state index contributed by atoms with van der Waals surface area (Å²) in [6, 6.07) is 6.53. The Hall–Kier alpha value is -2.64. The van der Waals surface area contributed by atoms with Crippen LogP contribution in [0.5, 0.6) is 11.5 Å². The van der Waals surface area contributed by atoms with Gasteiger partial charge in [0, 0.05) is 23.4 Å². The number of amides is 1. The summed E-state index contributed by atoms with van der Waals surface area (Å²) < 4.78 is 50.3. The zero-order valence-corrected chi connectivity index (χ0v) is 15.3. The van der Waals surface area contributed by atoms with Crippen molar-refractivity contribution in [2.75, 3.05) is 13.7 Å². The molecule has 1 aliphatic rings. The molecular weight excluding hydrogens is 361 g/mol. The second-order valence-electron chi connectivity index (χ2n) is 6.55. The molecule has 3 rings (SSSR count). The standard InChI is InChI=1S/C19H21F3N2O3/c1-11-8-14(12(2)24(11)10-19(20,21)22)18(25)23-16-6-7-27-17-5-4-13(26-3)9-15(16)17/h4-5,8-9,16H,6-7,10H2,1-3H3,(H,23,25)/t16-/m0/s1. The van der Waals surface area contributed by atoms with E-state index in [1.807, 2.05) is 0 Å². The molecule has 8 heteroatoms. The number of benzene rings is 1. The highest BCUT2D eigenvalue weighted by Gasteiger charge is 2.31. The highest BCUT2D eigenvalue weighted by Crippen LogP contribution is 2.35. The molecule has 5 nitrogen and oxygen atoms in total. The fourth-order valence-corrected chi connectivity index (χ4v) is 3.34. The van der Waals surface area contributed by atoms with Gasteiger partial charge < -0.3 is 19.4 Å². The molecule has 1 aliphatic heterocycles. The molecule has 0 radical (unpaired) electrons. The lowest BCUT2D eigenvalue weighted by Gasteiger charge is -2.27. The van der Waals surface area contributed by atoms with Crippen LogP contribution < -0.4 is 14.8 Å². The Kier molecular flexibility index (Phi) is 5.08. The van der Waals surface area contributed by atoms with Crippen molar-refractivity contribution in [3.63, 3.8) is 0 Å². The molecule has 1 aromatic heterocycles. The number of alkyl halides is 3. The van der Waals surface area contributed by atoms with Gasteiger partial charge >= 0.3 is 6.18 Å². The maximum absolute atomic E-state index is 12.8. The van der Waals surface area contributed by atoms with Crippen molar-refractivity contribution < 1.29 is 27.4 Å². The summed E-state index contributed by atoms with van der Waals surface area (Å²) in [5.74, 6) is 0.897. The Morgan fingerprint density at radius 2 is 2.07 bits per heavy atom. The van der Waals surface area contributed by atoms with Gasteiger partial charge in [0.1, 0.15) is 18.0 Å². The van der Waals surface area contributed by atoms with Crippen molar-refractivity contribution in [3.05, 3.63) is 46.8 Å². The van der Waals surface area contributed by atoms with Crippen molar-refractivity contribution in [1.82, 2.24) is 9.88 Å². The van der Waals surface area contributed by atoms with E-state index in [9.17, 15) is 18.0 Å². The number of ether oxygens (including phenoxy) is 2. The monoisotopic (exact) mass is 382 g/mol. The fraction of sp³-hybridized carbons (Fsp3) is 0.421. The summed E-state index contributed by atoms with van der Waals surface area (Å²) in [5, 5.41) is 2.92. The lowest BCUT2D eigenvalue weighted by atomic mass is 9.99. The van der Waals surface area contributed by atoms with Gasteiger partial charge in [0.15, 0.2) is 0 Å². The highest BCUT2D eigenvalue weighted by molar-refractivity contribution is 5.96. The number of nitrogens with one attached hydrogen (secondary N) is 1. The number of aromatic nitrogens is 1. The normalized spacial score (nSPS) is 16.4. The highest BCUT2D eigenvalue weighted by atomic mass is 19.4. The van der Waals surface area contributed by atoms with E-state index in [2.05, 4.69) is 5.32 Å². The number of aryl methyl sites for hydroxylation is 1. The molecule has 1 aromatic carbocycles. The summed E-state index contributed by atoms with van der Waals surface area (Å²) in [6.07, 6.45) is -3.79. The lowest BCUT2D eigenvalue weighted by molar-refractivity contribution is -0.141. The van der Waals surface area contributed by atoms with E-state index in [-0.39, 0.29) is 11.6 Å². The minimum Gasteiger partial charge on any atom is -0.497 e. The molecule has 0 aliphatic carbocycles. The molecule has 0 saturated heterocycles. The fourth-order valence-electron chi connectivity index (χ4n) is 3.34. The van der Waals surface area contributed by atoms with Crippen molar-refractivity contribution in [2.45, 2.75) is 39.0 Å². The van der Waals surface area contributed by atoms with E-state index in [1.54, 1.807) is 32.2 Å². The summed E-state index contributed by atoms with van der Waals surface area (Å²) >= 11 is 0. The molecule has 0 spiro atoms. The van der Waals surface area contributed by atoms with Gasteiger partial charge in [-0.25, -0.2) is 0 Å². The number of hydrogen-bond donors (Lipinski definition) is 1. The first-order valence-electron chi connectivity index (χ1n) is 8.54. The Morgan fingerprint density at radius 3 is 2.74 bits per heavy atom. The van der Waals surface area contributed by atoms with Crippen molar-refractivity contribution in [3.8, 4) is 11.5 Å². The molecule has 2 aromatic rings. The van der Waals surface area contributed by atoms with Gasteiger partial charge in [0.25, 0.3) is 5.91 Å². The number of fused-ring (bicyclic) bond motifs is 1. The maximum atomic E-state index is 12.8. The van der Waals surface area contributed by atoms with E-state index in [1.165, 1.54) is 13.0 Å². The van der Waals surface area contributed by atoms with Crippen LogP contribution in [0, 0.1) is 13.8 Å². The minimum absolute atomic E-state index is 0.243. The number of carbonyl (C=O) groups excluding carboxylic acids is 1. The molecule has 1 N–H and O–H groups in total. The van der Waals surface area contributed by atoms with Crippen LogP contribution >= 0.6 is 0 Å². The third-order valence-electron chi connectivity index (χ3n) is 4.72. The molecule has 146 valence electrons. The van der Waals surface area contributed by atoms with Crippen LogP contribution in [0.2, 0.25) is 0 Å². The van der Waals surface area contributed by atoms with E-state index < -0.39 is 18.6 Å². The first kappa shape index (κ1) is 19.1. The van der Waals surface area contributed by atoms with Crippen LogP contribution in [0.1, 0.15) is 39.8 Å². The van der Waals surface area contributed by atoms with E-state index >= 15 is 0 Å². The lowest BCUT2D eigenvalue weighted by Crippen LogP contribution is -2.32. The number of carbonyl (C=O) groups is 1. The summed E-state index contributed by atoms with van der Waals surface area (Å²) in [5.41, 5.74) is 1.72.